The molecule has 0 aliphatic heterocycles. The molecule has 1 aliphatic carbocycles. The van der Waals surface area contributed by atoms with E-state index in [-0.39, 0.29) is 11.3 Å². The van der Waals surface area contributed by atoms with Crippen molar-refractivity contribution < 1.29 is 19.1 Å². The largest absolute Gasteiger partial charge is 0.481 e. The zero-order valence-corrected chi connectivity index (χ0v) is 9.23. The van der Waals surface area contributed by atoms with Crippen molar-refractivity contribution in [3.8, 4) is 0 Å². The molecule has 1 fully saturated rings. The molecule has 17 heavy (non-hydrogen) atoms. The highest BCUT2D eigenvalue weighted by Crippen LogP contribution is 2.34. The first-order valence-corrected chi connectivity index (χ1v) is 5.62. The maximum atomic E-state index is 13.0. The Hall–Kier alpha value is -1.71. The molecule has 1 aromatic rings. The van der Waals surface area contributed by atoms with Gasteiger partial charge >= 0.3 is 5.97 Å². The maximum Gasteiger partial charge on any atom is 0.307 e. The van der Waals surface area contributed by atoms with Crippen molar-refractivity contribution in [1.82, 2.24) is 0 Å². The van der Waals surface area contributed by atoms with Crippen LogP contribution in [0.2, 0.25) is 0 Å². The Morgan fingerprint density at radius 1 is 1.24 bits per heavy atom. The quantitative estimate of drug-likeness (QED) is 0.820. The highest BCUT2D eigenvalue weighted by molar-refractivity contribution is 6.00. The van der Waals surface area contributed by atoms with E-state index in [4.69, 9.17) is 5.11 Å². The molecular weight excluding hydrogens is 223 g/mol. The molecule has 0 saturated heterocycles. The Bertz CT molecular complexity index is 456. The van der Waals surface area contributed by atoms with Crippen LogP contribution in [0.25, 0.3) is 0 Å². The monoisotopic (exact) mass is 236 g/mol. The summed E-state index contributed by atoms with van der Waals surface area (Å²) >= 11 is 0. The lowest BCUT2D eigenvalue weighted by Gasteiger charge is -2.14. The SMILES string of the molecule is O=C(c1cccc(F)c1)[C@H]1CCC[C@H]1C(=O)O. The van der Waals surface area contributed by atoms with Crippen LogP contribution in [0.3, 0.4) is 0 Å². The van der Waals surface area contributed by atoms with E-state index >= 15 is 0 Å². The van der Waals surface area contributed by atoms with Crippen LogP contribution in [-0.4, -0.2) is 16.9 Å². The van der Waals surface area contributed by atoms with E-state index in [1.165, 1.54) is 24.3 Å². The molecule has 0 heterocycles. The lowest BCUT2D eigenvalue weighted by atomic mass is 9.88. The average molecular weight is 236 g/mol. The predicted octanol–water partition coefficient (Wildman–Crippen LogP) is 2.51. The number of hydrogen-bond acceptors (Lipinski definition) is 2. The van der Waals surface area contributed by atoms with Gasteiger partial charge in [-0.2, -0.15) is 0 Å². The molecule has 0 aromatic heterocycles. The van der Waals surface area contributed by atoms with Crippen molar-refractivity contribution in [2.75, 3.05) is 0 Å². The molecule has 0 amide bonds. The van der Waals surface area contributed by atoms with Crippen molar-refractivity contribution >= 4 is 11.8 Å². The van der Waals surface area contributed by atoms with E-state index in [2.05, 4.69) is 0 Å². The molecule has 1 aliphatic rings. The third-order valence-electron chi connectivity index (χ3n) is 3.28. The van der Waals surface area contributed by atoms with Crippen LogP contribution in [0, 0.1) is 17.7 Å². The second kappa shape index (κ2) is 4.65. The number of carbonyl (C=O) groups excluding carboxylic acids is 1. The Labute approximate surface area is 98.3 Å². The molecule has 1 saturated carbocycles. The van der Waals surface area contributed by atoms with Gasteiger partial charge in [-0.1, -0.05) is 18.6 Å². The van der Waals surface area contributed by atoms with Crippen LogP contribution in [0.15, 0.2) is 24.3 Å². The second-order valence-electron chi connectivity index (χ2n) is 4.36. The smallest absolute Gasteiger partial charge is 0.307 e. The van der Waals surface area contributed by atoms with Crippen LogP contribution in [0.4, 0.5) is 4.39 Å². The molecule has 1 aromatic carbocycles. The highest BCUT2D eigenvalue weighted by Gasteiger charge is 2.37. The van der Waals surface area contributed by atoms with Crippen LogP contribution in [0.1, 0.15) is 29.6 Å². The van der Waals surface area contributed by atoms with E-state index in [0.717, 1.165) is 6.42 Å². The third kappa shape index (κ3) is 2.35. The van der Waals surface area contributed by atoms with Gasteiger partial charge in [0.05, 0.1) is 5.92 Å². The Kier molecular flexibility index (Phi) is 3.22. The Morgan fingerprint density at radius 3 is 2.59 bits per heavy atom. The number of hydrogen-bond donors (Lipinski definition) is 1. The topological polar surface area (TPSA) is 54.4 Å². The molecule has 0 spiro atoms. The zero-order valence-electron chi connectivity index (χ0n) is 9.23. The van der Waals surface area contributed by atoms with Crippen LogP contribution in [0.5, 0.6) is 0 Å². The van der Waals surface area contributed by atoms with Crippen molar-refractivity contribution in [2.45, 2.75) is 19.3 Å². The lowest BCUT2D eigenvalue weighted by molar-refractivity contribution is -0.142. The van der Waals surface area contributed by atoms with Crippen LogP contribution < -0.4 is 0 Å². The van der Waals surface area contributed by atoms with Gasteiger partial charge in [0.1, 0.15) is 5.82 Å². The molecule has 0 radical (unpaired) electrons. The summed E-state index contributed by atoms with van der Waals surface area (Å²) in [4.78, 5) is 23.1. The molecule has 2 rings (SSSR count). The van der Waals surface area contributed by atoms with Gasteiger partial charge in [0.2, 0.25) is 0 Å². The summed E-state index contributed by atoms with van der Waals surface area (Å²) in [6, 6.07) is 5.43. The molecule has 4 heteroatoms. The summed E-state index contributed by atoms with van der Waals surface area (Å²) in [7, 11) is 0. The van der Waals surface area contributed by atoms with Gasteiger partial charge in [-0.05, 0) is 25.0 Å². The summed E-state index contributed by atoms with van der Waals surface area (Å²) in [5, 5.41) is 9.01. The summed E-state index contributed by atoms with van der Waals surface area (Å²) in [5.74, 6) is -2.78. The fourth-order valence-electron chi connectivity index (χ4n) is 2.43. The minimum Gasteiger partial charge on any atom is -0.481 e. The van der Waals surface area contributed by atoms with E-state index in [9.17, 15) is 14.0 Å². The standard InChI is InChI=1S/C13H13FO3/c14-9-4-1-3-8(7-9)12(15)10-5-2-6-11(10)13(16)17/h1,3-4,7,10-11H,2,5-6H2,(H,16,17)/t10-,11+/m0/s1. The number of aliphatic carboxylic acids is 1. The Morgan fingerprint density at radius 2 is 1.94 bits per heavy atom. The van der Waals surface area contributed by atoms with Crippen molar-refractivity contribution in [2.24, 2.45) is 11.8 Å². The lowest BCUT2D eigenvalue weighted by Crippen LogP contribution is -2.25. The molecule has 90 valence electrons. The third-order valence-corrected chi connectivity index (χ3v) is 3.28. The van der Waals surface area contributed by atoms with E-state index < -0.39 is 23.6 Å². The first-order valence-electron chi connectivity index (χ1n) is 5.62. The van der Waals surface area contributed by atoms with E-state index in [0.29, 0.717) is 12.8 Å². The van der Waals surface area contributed by atoms with Gasteiger partial charge in [-0.25, -0.2) is 4.39 Å². The molecular formula is C13H13FO3. The first-order chi connectivity index (χ1) is 8.09. The minimum absolute atomic E-state index is 0.255. The number of halogens is 1. The highest BCUT2D eigenvalue weighted by atomic mass is 19.1. The summed E-state index contributed by atoms with van der Waals surface area (Å²) in [6.07, 6.45) is 1.84. The average Bonchev–Trinajstić information content (AvgIpc) is 2.77. The Balaban J connectivity index is 2.23. The number of Topliss-reactive ketones (excluding diaryl/α,β-unsaturated/α-hetero) is 1. The normalized spacial score (nSPS) is 23.6. The molecule has 0 bridgehead atoms. The fraction of sp³-hybridized carbons (Fsp3) is 0.385. The minimum atomic E-state index is -0.933. The summed E-state index contributed by atoms with van der Waals surface area (Å²) in [5.41, 5.74) is 0.267. The van der Waals surface area contributed by atoms with E-state index in [1.54, 1.807) is 0 Å². The molecule has 0 unspecified atom stereocenters. The number of rotatable bonds is 3. The number of carbonyl (C=O) groups is 2. The molecule has 2 atom stereocenters. The van der Waals surface area contributed by atoms with Gasteiger partial charge in [0.25, 0.3) is 0 Å². The predicted molar refractivity (Wildman–Crippen MR) is 59.2 cm³/mol. The second-order valence-corrected chi connectivity index (χ2v) is 4.36. The van der Waals surface area contributed by atoms with Crippen molar-refractivity contribution in [1.29, 1.82) is 0 Å². The molecule has 3 nitrogen and oxygen atoms in total. The van der Waals surface area contributed by atoms with Crippen LogP contribution >= 0.6 is 0 Å². The summed E-state index contributed by atoms with van der Waals surface area (Å²) in [6.45, 7) is 0. The maximum absolute atomic E-state index is 13.0. The number of benzene rings is 1. The van der Waals surface area contributed by atoms with Gasteiger partial charge in [0.15, 0.2) is 5.78 Å². The van der Waals surface area contributed by atoms with Crippen LogP contribution in [-0.2, 0) is 4.79 Å². The van der Waals surface area contributed by atoms with Gasteiger partial charge in [-0.3, -0.25) is 9.59 Å². The van der Waals surface area contributed by atoms with Crippen molar-refractivity contribution in [3.05, 3.63) is 35.6 Å². The van der Waals surface area contributed by atoms with Gasteiger partial charge < -0.3 is 5.11 Å². The molecule has 1 N–H and O–H groups in total. The fourth-order valence-corrected chi connectivity index (χ4v) is 2.43. The first kappa shape index (κ1) is 11.8. The number of ketones is 1. The van der Waals surface area contributed by atoms with Gasteiger partial charge in [-0.15, -0.1) is 0 Å². The zero-order chi connectivity index (χ0) is 12.4. The summed E-state index contributed by atoms with van der Waals surface area (Å²) < 4.78 is 13.0. The van der Waals surface area contributed by atoms with E-state index in [1.807, 2.05) is 0 Å². The number of carboxylic acid groups (broad SMARTS) is 1. The van der Waals surface area contributed by atoms with Gasteiger partial charge in [0, 0.05) is 11.5 Å². The number of carboxylic acids is 1. The van der Waals surface area contributed by atoms with Crippen molar-refractivity contribution in [3.63, 3.8) is 0 Å².